The Kier molecular flexibility index (Phi) is 5.21. The minimum absolute atomic E-state index is 0.0836. The number of amides is 1. The van der Waals surface area contributed by atoms with Crippen molar-refractivity contribution < 1.29 is 9.53 Å². The average Bonchev–Trinajstić information content (AvgIpc) is 2.49. The van der Waals surface area contributed by atoms with Crippen molar-refractivity contribution in [1.82, 2.24) is 0 Å². The highest BCUT2D eigenvalue weighted by Crippen LogP contribution is 2.15. The van der Waals surface area contributed by atoms with E-state index in [1.807, 2.05) is 62.4 Å². The van der Waals surface area contributed by atoms with Gasteiger partial charge in [0.2, 0.25) is 5.91 Å². The number of hydrogen-bond donors (Lipinski definition) is 2. The van der Waals surface area contributed by atoms with Crippen LogP contribution < -0.4 is 15.4 Å². The summed E-state index contributed by atoms with van der Waals surface area (Å²) in [5.41, 5.74) is 2.89. The van der Waals surface area contributed by atoms with Crippen molar-refractivity contribution in [3.8, 4) is 5.75 Å². The average molecular weight is 284 g/mol. The Hall–Kier alpha value is -2.49. The van der Waals surface area contributed by atoms with Crippen molar-refractivity contribution in [3.05, 3.63) is 54.1 Å². The molecule has 0 atom stereocenters. The van der Waals surface area contributed by atoms with E-state index in [0.717, 1.165) is 17.1 Å². The lowest BCUT2D eigenvalue weighted by Gasteiger charge is -2.09. The van der Waals surface area contributed by atoms with Crippen LogP contribution in [0, 0.1) is 6.92 Å². The molecule has 0 aliphatic rings. The second-order valence-corrected chi connectivity index (χ2v) is 4.73. The fourth-order valence-electron chi connectivity index (χ4n) is 1.86. The van der Waals surface area contributed by atoms with Crippen molar-refractivity contribution >= 4 is 17.3 Å². The Balaban J connectivity index is 1.82. The van der Waals surface area contributed by atoms with Gasteiger partial charge in [0.05, 0.1) is 13.2 Å². The summed E-state index contributed by atoms with van der Waals surface area (Å²) >= 11 is 0. The zero-order valence-electron chi connectivity index (χ0n) is 12.3. The van der Waals surface area contributed by atoms with Crippen LogP contribution in [-0.2, 0) is 4.79 Å². The van der Waals surface area contributed by atoms with E-state index >= 15 is 0 Å². The first-order valence-corrected chi connectivity index (χ1v) is 7.00. The number of aryl methyl sites for hydroxylation is 1. The molecule has 0 aliphatic carbocycles. The van der Waals surface area contributed by atoms with Crippen LogP contribution in [-0.4, -0.2) is 19.1 Å². The van der Waals surface area contributed by atoms with E-state index in [2.05, 4.69) is 10.6 Å². The Morgan fingerprint density at radius 2 is 1.62 bits per heavy atom. The molecule has 110 valence electrons. The van der Waals surface area contributed by atoms with Gasteiger partial charge >= 0.3 is 0 Å². The molecule has 2 aromatic rings. The minimum atomic E-state index is -0.0836. The first-order valence-electron chi connectivity index (χ1n) is 7.00. The number of carbonyl (C=O) groups is 1. The molecule has 1 amide bonds. The quantitative estimate of drug-likeness (QED) is 0.854. The van der Waals surface area contributed by atoms with Crippen LogP contribution in [0.5, 0.6) is 5.75 Å². The zero-order valence-corrected chi connectivity index (χ0v) is 12.3. The topological polar surface area (TPSA) is 50.4 Å². The van der Waals surface area contributed by atoms with Crippen LogP contribution in [0.2, 0.25) is 0 Å². The summed E-state index contributed by atoms with van der Waals surface area (Å²) in [6.45, 7) is 4.83. The van der Waals surface area contributed by atoms with E-state index < -0.39 is 0 Å². The van der Waals surface area contributed by atoms with Gasteiger partial charge in [-0.25, -0.2) is 0 Å². The maximum atomic E-state index is 11.9. The molecular formula is C17H20N2O2. The van der Waals surface area contributed by atoms with Gasteiger partial charge in [-0.15, -0.1) is 0 Å². The van der Waals surface area contributed by atoms with Gasteiger partial charge in [-0.3, -0.25) is 4.79 Å². The first kappa shape index (κ1) is 14.9. The largest absolute Gasteiger partial charge is 0.494 e. The van der Waals surface area contributed by atoms with Gasteiger partial charge in [-0.2, -0.15) is 0 Å². The number of benzene rings is 2. The van der Waals surface area contributed by atoms with Crippen LogP contribution in [0.1, 0.15) is 12.5 Å². The maximum Gasteiger partial charge on any atom is 0.243 e. The zero-order chi connectivity index (χ0) is 15.1. The maximum absolute atomic E-state index is 11.9. The second-order valence-electron chi connectivity index (χ2n) is 4.73. The third kappa shape index (κ3) is 4.84. The molecule has 21 heavy (non-hydrogen) atoms. The minimum Gasteiger partial charge on any atom is -0.494 e. The van der Waals surface area contributed by atoms with E-state index in [-0.39, 0.29) is 12.5 Å². The SMILES string of the molecule is CCOc1ccc(NC(=O)CNc2ccc(C)cc2)cc1. The molecule has 0 saturated heterocycles. The van der Waals surface area contributed by atoms with E-state index in [1.165, 1.54) is 5.56 Å². The second kappa shape index (κ2) is 7.33. The van der Waals surface area contributed by atoms with Gasteiger partial charge in [0, 0.05) is 11.4 Å². The van der Waals surface area contributed by atoms with Crippen molar-refractivity contribution in [1.29, 1.82) is 0 Å². The van der Waals surface area contributed by atoms with E-state index in [1.54, 1.807) is 0 Å². The molecule has 2 N–H and O–H groups in total. The van der Waals surface area contributed by atoms with E-state index in [0.29, 0.717) is 6.61 Å². The number of ether oxygens (including phenoxy) is 1. The summed E-state index contributed by atoms with van der Waals surface area (Å²) in [6, 6.07) is 15.3. The summed E-state index contributed by atoms with van der Waals surface area (Å²) in [7, 11) is 0. The molecule has 4 nitrogen and oxygen atoms in total. The van der Waals surface area contributed by atoms with Crippen molar-refractivity contribution in [2.75, 3.05) is 23.8 Å². The molecule has 0 radical (unpaired) electrons. The number of hydrogen-bond acceptors (Lipinski definition) is 3. The molecule has 0 fully saturated rings. The summed E-state index contributed by atoms with van der Waals surface area (Å²) in [6.07, 6.45) is 0. The third-order valence-electron chi connectivity index (χ3n) is 2.95. The third-order valence-corrected chi connectivity index (χ3v) is 2.95. The molecule has 4 heteroatoms. The van der Waals surface area contributed by atoms with Crippen LogP contribution >= 0.6 is 0 Å². The van der Waals surface area contributed by atoms with Crippen LogP contribution in [0.3, 0.4) is 0 Å². The lowest BCUT2D eigenvalue weighted by atomic mass is 10.2. The summed E-state index contributed by atoms with van der Waals surface area (Å²) in [5, 5.41) is 5.92. The van der Waals surface area contributed by atoms with Gasteiger partial charge in [0.1, 0.15) is 5.75 Å². The lowest BCUT2D eigenvalue weighted by molar-refractivity contribution is -0.114. The fourth-order valence-corrected chi connectivity index (χ4v) is 1.86. The van der Waals surface area contributed by atoms with Gasteiger partial charge < -0.3 is 15.4 Å². The molecule has 2 aromatic carbocycles. The van der Waals surface area contributed by atoms with Crippen LogP contribution in [0.15, 0.2) is 48.5 Å². The standard InChI is InChI=1S/C17H20N2O2/c1-3-21-16-10-8-15(9-11-16)19-17(20)12-18-14-6-4-13(2)5-7-14/h4-11,18H,3,12H2,1-2H3,(H,19,20). The number of anilines is 2. The van der Waals surface area contributed by atoms with E-state index in [4.69, 9.17) is 4.74 Å². The number of nitrogens with one attached hydrogen (secondary N) is 2. The molecule has 2 rings (SSSR count). The van der Waals surface area contributed by atoms with Gasteiger partial charge in [0.15, 0.2) is 0 Å². The van der Waals surface area contributed by atoms with Gasteiger partial charge in [-0.1, -0.05) is 17.7 Å². The highest BCUT2D eigenvalue weighted by Gasteiger charge is 2.02. The van der Waals surface area contributed by atoms with Crippen molar-refractivity contribution in [2.45, 2.75) is 13.8 Å². The predicted octanol–water partition coefficient (Wildman–Crippen LogP) is 3.44. The smallest absolute Gasteiger partial charge is 0.243 e. The Labute approximate surface area is 125 Å². The predicted molar refractivity (Wildman–Crippen MR) is 85.9 cm³/mol. The normalized spacial score (nSPS) is 10.0. The summed E-state index contributed by atoms with van der Waals surface area (Å²) in [4.78, 5) is 11.9. The molecule has 0 heterocycles. The first-order chi connectivity index (χ1) is 10.2. The molecular weight excluding hydrogens is 264 g/mol. The Morgan fingerprint density at radius 3 is 2.24 bits per heavy atom. The molecule has 0 aromatic heterocycles. The van der Waals surface area contributed by atoms with Gasteiger partial charge in [-0.05, 0) is 50.2 Å². The monoisotopic (exact) mass is 284 g/mol. The highest BCUT2D eigenvalue weighted by molar-refractivity contribution is 5.93. The Bertz CT molecular complexity index is 577. The molecule has 0 aliphatic heterocycles. The molecule has 0 spiro atoms. The molecule has 0 unspecified atom stereocenters. The van der Waals surface area contributed by atoms with E-state index in [9.17, 15) is 4.79 Å². The van der Waals surface area contributed by atoms with Crippen LogP contribution in [0.4, 0.5) is 11.4 Å². The van der Waals surface area contributed by atoms with Crippen LogP contribution in [0.25, 0.3) is 0 Å². The summed E-state index contributed by atoms with van der Waals surface area (Å²) < 4.78 is 5.36. The number of rotatable bonds is 6. The molecule has 0 saturated carbocycles. The Morgan fingerprint density at radius 1 is 1.00 bits per heavy atom. The highest BCUT2D eigenvalue weighted by atomic mass is 16.5. The lowest BCUT2D eigenvalue weighted by Crippen LogP contribution is -2.21. The summed E-state index contributed by atoms with van der Waals surface area (Å²) in [5.74, 6) is 0.716. The molecule has 0 bridgehead atoms. The fraction of sp³-hybridized carbons (Fsp3) is 0.235. The van der Waals surface area contributed by atoms with Crippen molar-refractivity contribution in [2.24, 2.45) is 0 Å². The van der Waals surface area contributed by atoms with Crippen molar-refractivity contribution in [3.63, 3.8) is 0 Å². The van der Waals surface area contributed by atoms with Gasteiger partial charge in [0.25, 0.3) is 0 Å². The number of carbonyl (C=O) groups excluding carboxylic acids is 1.